The van der Waals surface area contributed by atoms with Crippen molar-refractivity contribution in [3.63, 3.8) is 0 Å². The highest BCUT2D eigenvalue weighted by Crippen LogP contribution is 2.48. The molecule has 216 valence electrons. The predicted octanol–water partition coefficient (Wildman–Crippen LogP) is 2.70. The molecule has 0 spiro atoms. The molecule has 1 aliphatic carbocycles. The Labute approximate surface area is 228 Å². The molecule has 0 bridgehead atoms. The third-order valence-electron chi connectivity index (χ3n) is 8.04. The molecule has 10 nitrogen and oxygen atoms in total. The molecule has 13 heteroatoms. The monoisotopic (exact) mass is 563 g/mol. The van der Waals surface area contributed by atoms with E-state index in [0.29, 0.717) is 51.0 Å². The molecule has 2 saturated heterocycles. The SMILES string of the molecule is CCC(=O)C(=O)N1CCC(Cn2cc3c(n2)-c2c(oc(C(=O)NC[C@@H]4NCCC4=O)c2C(F)(F)F)C[C@H]3C)CC1. The maximum absolute atomic E-state index is 14.4. The first-order chi connectivity index (χ1) is 19.0. The average molecular weight is 564 g/mol. The summed E-state index contributed by atoms with van der Waals surface area (Å²) in [6, 6.07) is -0.637. The van der Waals surface area contributed by atoms with Crippen molar-refractivity contribution in [3.8, 4) is 11.3 Å². The number of carbonyl (C=O) groups is 4. The third kappa shape index (κ3) is 5.30. The topological polar surface area (TPSA) is 127 Å². The maximum atomic E-state index is 14.4. The zero-order valence-corrected chi connectivity index (χ0v) is 22.4. The van der Waals surface area contributed by atoms with Gasteiger partial charge in [-0.05, 0) is 24.7 Å². The van der Waals surface area contributed by atoms with Crippen LogP contribution in [0.5, 0.6) is 0 Å². The quantitative estimate of drug-likeness (QED) is 0.496. The van der Waals surface area contributed by atoms with Crippen molar-refractivity contribution in [3.05, 3.63) is 28.8 Å². The number of carbonyl (C=O) groups excluding carboxylic acids is 4. The van der Waals surface area contributed by atoms with Gasteiger partial charge in [-0.3, -0.25) is 23.9 Å². The minimum absolute atomic E-state index is 0.0604. The lowest BCUT2D eigenvalue weighted by molar-refractivity contribution is -0.145. The Morgan fingerprint density at radius 1 is 1.23 bits per heavy atom. The van der Waals surface area contributed by atoms with Gasteiger partial charge in [-0.1, -0.05) is 13.8 Å². The molecular formula is C27H32F3N5O5. The van der Waals surface area contributed by atoms with Crippen molar-refractivity contribution in [2.24, 2.45) is 5.92 Å². The van der Waals surface area contributed by atoms with E-state index in [9.17, 15) is 32.3 Å². The van der Waals surface area contributed by atoms with Gasteiger partial charge in [0.2, 0.25) is 11.5 Å². The van der Waals surface area contributed by atoms with E-state index >= 15 is 0 Å². The van der Waals surface area contributed by atoms with E-state index < -0.39 is 41.1 Å². The molecular weight excluding hydrogens is 531 g/mol. The normalized spacial score (nSPS) is 21.3. The van der Waals surface area contributed by atoms with Crippen LogP contribution in [0.1, 0.15) is 72.9 Å². The van der Waals surface area contributed by atoms with Crippen molar-refractivity contribution in [2.75, 3.05) is 26.2 Å². The lowest BCUT2D eigenvalue weighted by Crippen LogP contribution is -2.42. The zero-order valence-electron chi connectivity index (χ0n) is 22.4. The van der Waals surface area contributed by atoms with E-state index in [1.165, 1.54) is 0 Å². The summed E-state index contributed by atoms with van der Waals surface area (Å²) in [5, 5.41) is 9.87. The molecule has 2 aromatic rings. The van der Waals surface area contributed by atoms with Gasteiger partial charge < -0.3 is 20.0 Å². The molecule has 0 aromatic carbocycles. The number of hydrogen-bond acceptors (Lipinski definition) is 7. The summed E-state index contributed by atoms with van der Waals surface area (Å²) in [6.07, 6.45) is -1.17. The Balaban J connectivity index is 1.37. The summed E-state index contributed by atoms with van der Waals surface area (Å²) < 4.78 is 50.4. The summed E-state index contributed by atoms with van der Waals surface area (Å²) in [6.45, 7) is 5.18. The first-order valence-corrected chi connectivity index (χ1v) is 13.6. The standard InChI is InChI=1S/C27H32F3N5O5/c1-3-18(36)26(39)34-8-5-15(6-9-34)12-35-13-16-14(2)10-20-21(23(16)33-35)22(27(28,29)30)24(40-20)25(38)32-11-17-19(37)4-7-31-17/h13-15,17,31H,3-12H2,1-2H3,(H,32,38)/t14-,17+/m1/s1. The van der Waals surface area contributed by atoms with Gasteiger partial charge in [0.05, 0.1) is 17.3 Å². The smallest absolute Gasteiger partial charge is 0.420 e. The zero-order chi connectivity index (χ0) is 28.8. The Kier molecular flexibility index (Phi) is 7.60. The number of halogens is 3. The fraction of sp³-hybridized carbons (Fsp3) is 0.593. The molecule has 2 aromatic heterocycles. The number of likely N-dealkylation sites (tertiary alicyclic amines) is 1. The van der Waals surface area contributed by atoms with E-state index in [2.05, 4.69) is 15.7 Å². The van der Waals surface area contributed by atoms with Crippen molar-refractivity contribution in [2.45, 2.75) is 70.6 Å². The van der Waals surface area contributed by atoms with Crippen LogP contribution in [0.3, 0.4) is 0 Å². The van der Waals surface area contributed by atoms with Crippen LogP contribution in [-0.4, -0.2) is 70.3 Å². The van der Waals surface area contributed by atoms with Gasteiger partial charge >= 0.3 is 6.18 Å². The molecule has 2 atom stereocenters. The van der Waals surface area contributed by atoms with Crippen molar-refractivity contribution in [1.82, 2.24) is 25.3 Å². The van der Waals surface area contributed by atoms with E-state index in [0.717, 1.165) is 0 Å². The summed E-state index contributed by atoms with van der Waals surface area (Å²) in [7, 11) is 0. The van der Waals surface area contributed by atoms with Gasteiger partial charge in [0.25, 0.3) is 11.8 Å². The lowest BCUT2D eigenvalue weighted by atomic mass is 9.86. The minimum atomic E-state index is -4.87. The second-order valence-corrected chi connectivity index (χ2v) is 10.8. The molecule has 2 N–H and O–H groups in total. The molecule has 2 fully saturated rings. The molecule has 2 aliphatic heterocycles. The van der Waals surface area contributed by atoms with E-state index in [-0.39, 0.29) is 54.0 Å². The number of nitrogens with zero attached hydrogens (tertiary/aromatic N) is 3. The number of aromatic nitrogens is 2. The molecule has 40 heavy (non-hydrogen) atoms. The van der Waals surface area contributed by atoms with E-state index in [4.69, 9.17) is 4.42 Å². The number of piperidine rings is 1. The lowest BCUT2D eigenvalue weighted by Gasteiger charge is -2.31. The number of ketones is 2. The minimum Gasteiger partial charge on any atom is -0.455 e. The summed E-state index contributed by atoms with van der Waals surface area (Å²) in [5.41, 5.74) is -0.570. The highest BCUT2D eigenvalue weighted by Gasteiger charge is 2.46. The van der Waals surface area contributed by atoms with Crippen molar-refractivity contribution < 1.29 is 36.8 Å². The van der Waals surface area contributed by atoms with Gasteiger partial charge in [0, 0.05) is 63.7 Å². The second kappa shape index (κ2) is 10.8. The first kappa shape index (κ1) is 28.1. The molecule has 0 saturated carbocycles. The summed E-state index contributed by atoms with van der Waals surface area (Å²) in [5.74, 6) is -2.83. The number of fused-ring (bicyclic) bond motifs is 3. The van der Waals surface area contributed by atoms with Crippen LogP contribution in [0.15, 0.2) is 10.6 Å². The number of nitrogens with one attached hydrogen (secondary N) is 2. The van der Waals surface area contributed by atoms with Gasteiger partial charge in [0.1, 0.15) is 11.3 Å². The van der Waals surface area contributed by atoms with Crippen LogP contribution in [0.25, 0.3) is 11.3 Å². The van der Waals surface area contributed by atoms with Crippen LogP contribution in [0.4, 0.5) is 13.2 Å². The second-order valence-electron chi connectivity index (χ2n) is 10.8. The number of hydrogen-bond donors (Lipinski definition) is 2. The Morgan fingerprint density at radius 3 is 2.58 bits per heavy atom. The number of amides is 2. The highest BCUT2D eigenvalue weighted by atomic mass is 19.4. The fourth-order valence-electron chi connectivity index (χ4n) is 5.81. The summed E-state index contributed by atoms with van der Waals surface area (Å²) >= 11 is 0. The first-order valence-electron chi connectivity index (χ1n) is 13.6. The van der Waals surface area contributed by atoms with Crippen LogP contribution in [0, 0.1) is 5.92 Å². The third-order valence-corrected chi connectivity index (χ3v) is 8.04. The number of furan rings is 1. The van der Waals surface area contributed by atoms with Gasteiger partial charge in [0.15, 0.2) is 5.78 Å². The number of rotatable bonds is 7. The van der Waals surface area contributed by atoms with Crippen LogP contribution in [0.2, 0.25) is 0 Å². The van der Waals surface area contributed by atoms with Gasteiger partial charge in [-0.25, -0.2) is 0 Å². The summed E-state index contributed by atoms with van der Waals surface area (Å²) in [4.78, 5) is 50.2. The Morgan fingerprint density at radius 2 is 1.95 bits per heavy atom. The largest absolute Gasteiger partial charge is 0.455 e. The number of alkyl halides is 3. The Bertz CT molecular complexity index is 1340. The van der Waals surface area contributed by atoms with E-state index in [1.54, 1.807) is 22.7 Å². The molecule has 3 aliphatic rings. The molecule has 4 heterocycles. The van der Waals surface area contributed by atoms with Crippen LogP contribution in [-0.2, 0) is 33.5 Å². The molecule has 0 unspecified atom stereocenters. The Hall–Kier alpha value is -3.48. The van der Waals surface area contributed by atoms with Crippen molar-refractivity contribution in [1.29, 1.82) is 0 Å². The average Bonchev–Trinajstić information content (AvgIpc) is 3.63. The van der Waals surface area contributed by atoms with Crippen molar-refractivity contribution >= 4 is 23.4 Å². The highest BCUT2D eigenvalue weighted by molar-refractivity contribution is 6.35. The fourth-order valence-corrected chi connectivity index (χ4v) is 5.81. The van der Waals surface area contributed by atoms with Crippen LogP contribution < -0.4 is 10.6 Å². The predicted molar refractivity (Wildman–Crippen MR) is 135 cm³/mol. The van der Waals surface area contributed by atoms with E-state index in [1.807, 2.05) is 6.92 Å². The molecule has 0 radical (unpaired) electrons. The number of Topliss-reactive ketones (excluding diaryl/α,β-unsaturated/α-hetero) is 2. The molecule has 2 amide bonds. The van der Waals surface area contributed by atoms with Gasteiger partial charge in [-0.15, -0.1) is 0 Å². The van der Waals surface area contributed by atoms with Crippen LogP contribution >= 0.6 is 0 Å². The van der Waals surface area contributed by atoms with Gasteiger partial charge in [-0.2, -0.15) is 18.3 Å². The maximum Gasteiger partial charge on any atom is 0.420 e. The molecule has 5 rings (SSSR count).